The molecule has 384 valence electrons. The second-order valence-electron chi connectivity index (χ2n) is 18.8. The predicted octanol–water partition coefficient (Wildman–Crippen LogP) is 16.8. The molecule has 1 aromatic heterocycles. The van der Waals surface area contributed by atoms with Gasteiger partial charge in [-0.15, -0.1) is 0 Å². The average Bonchev–Trinajstić information content (AvgIpc) is 3.69. The summed E-state index contributed by atoms with van der Waals surface area (Å²) in [5.74, 6) is 0.462. The summed E-state index contributed by atoms with van der Waals surface area (Å²) in [5, 5.41) is 7.43. The van der Waals surface area contributed by atoms with Gasteiger partial charge in [-0.1, -0.05) is 169 Å². The Labute approximate surface area is 420 Å². The Kier molecular flexibility index (Phi) is 42.5. The first-order valence-corrected chi connectivity index (χ1v) is 30.1. The first-order valence-electron chi connectivity index (χ1n) is 27.8. The third-order valence-corrected chi connectivity index (χ3v) is 14.9. The van der Waals surface area contributed by atoms with Crippen LogP contribution < -0.4 is 10.6 Å². The smallest absolute Gasteiger partial charge is 0.220 e. The van der Waals surface area contributed by atoms with Crippen LogP contribution in [0, 0.1) is 0 Å². The molecule has 2 heterocycles. The fraction of sp³-hybridized carbons (Fsp3) is 0.759. The molecular formula is C58H101N3O4S2. The lowest BCUT2D eigenvalue weighted by molar-refractivity contribution is -0.187. The monoisotopic (exact) mass is 968 g/mol. The third kappa shape index (κ3) is 36.7. The van der Waals surface area contributed by atoms with E-state index in [1.165, 1.54) is 141 Å². The van der Waals surface area contributed by atoms with E-state index in [0.29, 0.717) is 13.0 Å². The van der Waals surface area contributed by atoms with Crippen LogP contribution in [0.25, 0.3) is 0 Å². The molecule has 7 nitrogen and oxygen atoms in total. The number of hydrogen-bond donors (Lipinski definition) is 2. The van der Waals surface area contributed by atoms with E-state index in [4.69, 9.17) is 14.2 Å². The topological polar surface area (TPSA) is 81.7 Å². The maximum absolute atomic E-state index is 12.2. The fourth-order valence-electron chi connectivity index (χ4n) is 8.57. The molecule has 0 aliphatic carbocycles. The Morgan fingerprint density at radius 2 is 1.15 bits per heavy atom. The highest BCUT2D eigenvalue weighted by Gasteiger charge is 2.46. The third-order valence-electron chi connectivity index (χ3n) is 12.6. The zero-order valence-corrected chi connectivity index (χ0v) is 45.0. The van der Waals surface area contributed by atoms with Gasteiger partial charge in [0.25, 0.3) is 0 Å². The summed E-state index contributed by atoms with van der Waals surface area (Å²) < 4.78 is 20.3. The van der Waals surface area contributed by atoms with Crippen molar-refractivity contribution in [2.45, 2.75) is 249 Å². The quantitative estimate of drug-likeness (QED) is 0.0380. The molecule has 1 aliphatic heterocycles. The number of hydrogen-bond acceptors (Lipinski definition) is 8. The van der Waals surface area contributed by atoms with Gasteiger partial charge >= 0.3 is 0 Å². The molecule has 1 aliphatic rings. The van der Waals surface area contributed by atoms with E-state index in [0.717, 1.165) is 94.7 Å². The van der Waals surface area contributed by atoms with Gasteiger partial charge in [0, 0.05) is 51.0 Å². The summed E-state index contributed by atoms with van der Waals surface area (Å²) in [7, 11) is 5.34. The number of amides is 1. The molecule has 0 saturated carbocycles. The fourth-order valence-corrected chi connectivity index (χ4v) is 10.4. The molecule has 2 unspecified atom stereocenters. The first kappa shape index (κ1) is 61.2. The SMILES string of the molecule is CCCCC/C=C\C/C=C\CCCCCCCCC1(CCCCCCCC/C=C\C/C=C\CCCCC)OC(CCNC)C(CCOCCCCCCNC(=O)CCSSc2ccccn2)O1. The van der Waals surface area contributed by atoms with Crippen LogP contribution in [0.15, 0.2) is 78.0 Å². The normalized spacial score (nSPS) is 16.2. The minimum Gasteiger partial charge on any atom is -0.381 e. The van der Waals surface area contributed by atoms with Crippen LogP contribution in [0.5, 0.6) is 0 Å². The molecule has 9 heteroatoms. The summed E-state index contributed by atoms with van der Waals surface area (Å²) in [6.45, 7) is 7.70. The van der Waals surface area contributed by atoms with Crippen LogP contribution in [-0.2, 0) is 19.0 Å². The Hall–Kier alpha value is -1.88. The van der Waals surface area contributed by atoms with Gasteiger partial charge < -0.3 is 24.8 Å². The van der Waals surface area contributed by atoms with E-state index in [2.05, 4.69) is 78.1 Å². The number of nitrogens with one attached hydrogen (secondary N) is 2. The van der Waals surface area contributed by atoms with Gasteiger partial charge in [-0.05, 0) is 139 Å². The van der Waals surface area contributed by atoms with E-state index < -0.39 is 5.79 Å². The van der Waals surface area contributed by atoms with Crippen LogP contribution in [0.3, 0.4) is 0 Å². The highest BCUT2D eigenvalue weighted by molar-refractivity contribution is 8.76. The molecule has 2 N–H and O–H groups in total. The van der Waals surface area contributed by atoms with Gasteiger partial charge in [-0.2, -0.15) is 0 Å². The average molecular weight is 969 g/mol. The molecule has 1 saturated heterocycles. The molecule has 0 bridgehead atoms. The van der Waals surface area contributed by atoms with E-state index in [1.54, 1.807) is 27.8 Å². The van der Waals surface area contributed by atoms with Crippen molar-refractivity contribution in [3.8, 4) is 0 Å². The van der Waals surface area contributed by atoms with Gasteiger partial charge in [-0.25, -0.2) is 4.98 Å². The van der Waals surface area contributed by atoms with E-state index in [1.807, 2.05) is 25.2 Å². The maximum atomic E-state index is 12.2. The van der Waals surface area contributed by atoms with Crippen LogP contribution in [-0.4, -0.2) is 68.0 Å². The van der Waals surface area contributed by atoms with Crippen molar-refractivity contribution in [1.82, 2.24) is 15.6 Å². The van der Waals surface area contributed by atoms with E-state index in [-0.39, 0.29) is 18.1 Å². The Balaban J connectivity index is 1.70. The van der Waals surface area contributed by atoms with Crippen molar-refractivity contribution < 1.29 is 19.0 Å². The lowest BCUT2D eigenvalue weighted by atomic mass is 9.98. The predicted molar refractivity (Wildman–Crippen MR) is 293 cm³/mol. The van der Waals surface area contributed by atoms with E-state index in [9.17, 15) is 4.79 Å². The van der Waals surface area contributed by atoms with Crippen molar-refractivity contribution in [3.63, 3.8) is 0 Å². The number of ether oxygens (including phenoxy) is 3. The maximum Gasteiger partial charge on any atom is 0.220 e. The lowest BCUT2D eigenvalue weighted by Crippen LogP contribution is -2.31. The van der Waals surface area contributed by atoms with Crippen molar-refractivity contribution >= 4 is 27.5 Å². The molecule has 2 rings (SSSR count). The Morgan fingerprint density at radius 1 is 0.627 bits per heavy atom. The number of aromatic nitrogens is 1. The molecule has 0 aromatic carbocycles. The van der Waals surface area contributed by atoms with Gasteiger partial charge in [0.2, 0.25) is 5.91 Å². The highest BCUT2D eigenvalue weighted by Crippen LogP contribution is 2.40. The molecule has 0 radical (unpaired) electrons. The Morgan fingerprint density at radius 3 is 1.70 bits per heavy atom. The van der Waals surface area contributed by atoms with Gasteiger partial charge in [0.15, 0.2) is 5.79 Å². The van der Waals surface area contributed by atoms with Gasteiger partial charge in [0.05, 0.1) is 12.2 Å². The molecule has 0 spiro atoms. The van der Waals surface area contributed by atoms with E-state index >= 15 is 0 Å². The molecule has 1 aromatic rings. The number of allylic oxidation sites excluding steroid dienone is 8. The summed E-state index contributed by atoms with van der Waals surface area (Å²) >= 11 is 0. The zero-order chi connectivity index (χ0) is 47.8. The van der Waals surface area contributed by atoms with Gasteiger partial charge in [0.1, 0.15) is 5.03 Å². The van der Waals surface area contributed by atoms with Crippen LogP contribution in [0.4, 0.5) is 0 Å². The first-order chi connectivity index (χ1) is 33.1. The Bertz CT molecular complexity index is 1310. The van der Waals surface area contributed by atoms with Crippen molar-refractivity contribution in [2.24, 2.45) is 0 Å². The number of pyridine rings is 1. The molecule has 1 fully saturated rings. The number of carbonyl (C=O) groups excluding carboxylic acids is 1. The minimum absolute atomic E-state index is 0.0816. The van der Waals surface area contributed by atoms with Gasteiger partial charge in [-0.3, -0.25) is 4.79 Å². The van der Waals surface area contributed by atoms with Crippen LogP contribution >= 0.6 is 21.6 Å². The van der Waals surface area contributed by atoms with Crippen molar-refractivity contribution in [1.29, 1.82) is 0 Å². The summed E-state index contributed by atoms with van der Waals surface area (Å²) in [6, 6.07) is 5.90. The molecular weight excluding hydrogens is 867 g/mol. The second-order valence-corrected chi connectivity index (χ2v) is 21.2. The largest absolute Gasteiger partial charge is 0.381 e. The summed E-state index contributed by atoms with van der Waals surface area (Å²) in [6.07, 6.45) is 59.8. The van der Waals surface area contributed by atoms with Crippen molar-refractivity contribution in [2.75, 3.05) is 39.1 Å². The molecule has 67 heavy (non-hydrogen) atoms. The standard InChI is InChI=1S/C58H101N3O4S2/c1-4-6-8-10-12-14-16-18-20-22-24-26-28-30-32-37-46-58(47-38-33-31-29-27-25-23-21-19-17-15-13-11-9-7-5-2)64-54(43-50-59-3)55(65-58)44-52-63-51-41-35-34-39-48-60-56(62)45-53-66-67-57-42-36-40-49-61-57/h12-15,18-21,36,40,42,49,54-55,59H,4-11,16-17,22-35,37-39,41,43-48,50-53H2,1-3H3,(H,60,62)/b14-12-,15-13-,20-18-,21-19-. The number of nitrogens with zero attached hydrogens (tertiary/aromatic N) is 1. The number of carbonyl (C=O) groups is 1. The lowest BCUT2D eigenvalue weighted by Gasteiger charge is -2.29. The van der Waals surface area contributed by atoms with Crippen molar-refractivity contribution in [3.05, 3.63) is 73.0 Å². The second kappa shape index (κ2) is 46.5. The van der Waals surface area contributed by atoms with Crippen LogP contribution in [0.2, 0.25) is 0 Å². The number of rotatable bonds is 48. The molecule has 2 atom stereocenters. The minimum atomic E-state index is -0.458. The zero-order valence-electron chi connectivity index (χ0n) is 43.3. The highest BCUT2D eigenvalue weighted by atomic mass is 33.1. The summed E-state index contributed by atoms with van der Waals surface area (Å²) in [4.78, 5) is 16.5. The summed E-state index contributed by atoms with van der Waals surface area (Å²) in [5.41, 5.74) is 0. The number of unbranched alkanes of at least 4 members (excludes halogenated alkanes) is 21. The molecule has 1 amide bonds. The van der Waals surface area contributed by atoms with Crippen LogP contribution in [0.1, 0.15) is 226 Å².